The minimum Gasteiger partial charge on any atom is -0.484 e. The molecule has 0 bridgehead atoms. The van der Waals surface area contributed by atoms with Crippen molar-refractivity contribution in [3.63, 3.8) is 0 Å². The van der Waals surface area contributed by atoms with Crippen molar-refractivity contribution in [1.29, 1.82) is 0 Å². The molecular formula is C15H21N3O3. The minimum absolute atomic E-state index is 0.290. The highest BCUT2D eigenvalue weighted by atomic mass is 16.5. The maximum atomic E-state index is 5.61. The Balaban J connectivity index is 1.76. The molecule has 1 N–H and O–H groups in total. The summed E-state index contributed by atoms with van der Waals surface area (Å²) in [4.78, 5) is 0. The Bertz CT molecular complexity index is 525. The number of nitrogens with one attached hydrogen (secondary N) is 1. The summed E-state index contributed by atoms with van der Waals surface area (Å²) < 4.78 is 16.0. The van der Waals surface area contributed by atoms with Crippen molar-refractivity contribution >= 4 is 0 Å². The topological polar surface area (TPSA) is 69.4 Å². The zero-order valence-electron chi connectivity index (χ0n) is 12.5. The van der Waals surface area contributed by atoms with Gasteiger partial charge in [-0.25, -0.2) is 0 Å². The highest BCUT2D eigenvalue weighted by molar-refractivity contribution is 5.27. The molecular weight excluding hydrogens is 270 g/mol. The second-order valence-electron chi connectivity index (χ2n) is 4.55. The summed E-state index contributed by atoms with van der Waals surface area (Å²) in [6, 6.07) is 7.93. The van der Waals surface area contributed by atoms with Crippen molar-refractivity contribution in [3.8, 4) is 5.75 Å². The number of nitrogens with zero attached hydrogens (tertiary/aromatic N) is 2. The fraction of sp³-hybridized carbons (Fsp3) is 0.467. The minimum atomic E-state index is 0.290. The van der Waals surface area contributed by atoms with E-state index in [1.807, 2.05) is 31.2 Å². The van der Waals surface area contributed by atoms with Gasteiger partial charge in [-0.2, -0.15) is 0 Å². The fourth-order valence-electron chi connectivity index (χ4n) is 1.75. The Morgan fingerprint density at radius 3 is 2.57 bits per heavy atom. The molecule has 0 unspecified atom stereocenters. The molecule has 1 heterocycles. The number of rotatable bonds is 9. The Morgan fingerprint density at radius 2 is 1.90 bits per heavy atom. The summed E-state index contributed by atoms with van der Waals surface area (Å²) in [5, 5.41) is 11.1. The van der Waals surface area contributed by atoms with Gasteiger partial charge in [0.2, 0.25) is 5.89 Å². The van der Waals surface area contributed by atoms with E-state index >= 15 is 0 Å². The first-order valence-corrected chi connectivity index (χ1v) is 7.04. The van der Waals surface area contributed by atoms with Crippen molar-refractivity contribution < 1.29 is 13.9 Å². The fourth-order valence-corrected chi connectivity index (χ4v) is 1.75. The zero-order chi connectivity index (χ0) is 14.9. The summed E-state index contributed by atoms with van der Waals surface area (Å²) >= 11 is 0. The zero-order valence-corrected chi connectivity index (χ0v) is 12.5. The first kappa shape index (κ1) is 15.5. The first-order valence-electron chi connectivity index (χ1n) is 7.04. The molecule has 6 heteroatoms. The van der Waals surface area contributed by atoms with Crippen LogP contribution in [0.5, 0.6) is 5.75 Å². The number of ether oxygens (including phenoxy) is 2. The highest BCUT2D eigenvalue weighted by Crippen LogP contribution is 2.14. The largest absolute Gasteiger partial charge is 0.484 e. The van der Waals surface area contributed by atoms with Crippen LogP contribution in [-0.2, 0) is 24.3 Å². The van der Waals surface area contributed by atoms with Crippen LogP contribution in [0.3, 0.4) is 0 Å². The van der Waals surface area contributed by atoms with Gasteiger partial charge in [0.1, 0.15) is 5.75 Å². The number of hydrogen-bond acceptors (Lipinski definition) is 6. The van der Waals surface area contributed by atoms with Gasteiger partial charge in [0.05, 0.1) is 6.61 Å². The normalized spacial score (nSPS) is 10.8. The summed E-state index contributed by atoms with van der Waals surface area (Å²) in [5.74, 6) is 1.91. The van der Waals surface area contributed by atoms with Crippen molar-refractivity contribution in [2.75, 3.05) is 20.3 Å². The van der Waals surface area contributed by atoms with Crippen LogP contribution in [0.25, 0.3) is 0 Å². The molecule has 6 nitrogen and oxygen atoms in total. The van der Waals surface area contributed by atoms with Crippen molar-refractivity contribution in [3.05, 3.63) is 41.6 Å². The second-order valence-corrected chi connectivity index (χ2v) is 4.55. The van der Waals surface area contributed by atoms with E-state index in [0.717, 1.165) is 25.3 Å². The van der Waals surface area contributed by atoms with Crippen molar-refractivity contribution in [2.45, 2.75) is 26.5 Å². The molecule has 0 aliphatic rings. The quantitative estimate of drug-likeness (QED) is 0.712. The van der Waals surface area contributed by atoms with E-state index in [-0.39, 0.29) is 0 Å². The van der Waals surface area contributed by atoms with E-state index in [0.29, 0.717) is 25.0 Å². The molecule has 114 valence electrons. The van der Waals surface area contributed by atoms with Crippen LogP contribution in [0.15, 0.2) is 28.7 Å². The van der Waals surface area contributed by atoms with E-state index in [1.54, 1.807) is 7.11 Å². The summed E-state index contributed by atoms with van der Waals surface area (Å²) in [6.07, 6.45) is 0.734. The lowest BCUT2D eigenvalue weighted by atomic mass is 10.2. The van der Waals surface area contributed by atoms with Gasteiger partial charge in [0, 0.05) is 26.6 Å². The number of methoxy groups -OCH3 is 1. The van der Waals surface area contributed by atoms with E-state index < -0.39 is 0 Å². The number of aryl methyl sites for hydroxylation is 1. The van der Waals surface area contributed by atoms with Crippen molar-refractivity contribution in [2.24, 2.45) is 0 Å². The highest BCUT2D eigenvalue weighted by Gasteiger charge is 2.05. The lowest BCUT2D eigenvalue weighted by molar-refractivity contribution is 0.199. The van der Waals surface area contributed by atoms with Crippen LogP contribution in [0.4, 0.5) is 0 Å². The smallest absolute Gasteiger partial charge is 0.253 e. The van der Waals surface area contributed by atoms with Crippen LogP contribution >= 0.6 is 0 Å². The van der Waals surface area contributed by atoms with E-state index in [1.165, 1.54) is 5.56 Å². The first-order chi connectivity index (χ1) is 10.3. The van der Waals surface area contributed by atoms with Gasteiger partial charge < -0.3 is 19.2 Å². The van der Waals surface area contributed by atoms with Gasteiger partial charge in [-0.15, -0.1) is 10.2 Å². The lowest BCUT2D eigenvalue weighted by Crippen LogP contribution is -2.18. The molecule has 0 aliphatic heterocycles. The predicted molar refractivity (Wildman–Crippen MR) is 78.0 cm³/mol. The molecule has 0 fully saturated rings. The SMILES string of the molecule is CCc1nnc(COc2ccc(CNCCOC)cc2)o1. The number of benzene rings is 1. The Morgan fingerprint density at radius 1 is 1.14 bits per heavy atom. The van der Waals surface area contributed by atoms with E-state index in [2.05, 4.69) is 15.5 Å². The average molecular weight is 291 g/mol. The van der Waals surface area contributed by atoms with Gasteiger partial charge in [-0.05, 0) is 17.7 Å². The third kappa shape index (κ3) is 5.17. The summed E-state index contributed by atoms with van der Waals surface area (Å²) in [5.41, 5.74) is 1.20. The Hall–Kier alpha value is -1.92. The Kier molecular flexibility index (Phi) is 6.18. The molecule has 2 aromatic rings. The predicted octanol–water partition coefficient (Wildman–Crippen LogP) is 1.95. The lowest BCUT2D eigenvalue weighted by Gasteiger charge is -2.06. The van der Waals surface area contributed by atoms with Crippen LogP contribution in [0.1, 0.15) is 24.3 Å². The molecule has 0 aliphatic carbocycles. The van der Waals surface area contributed by atoms with Crippen LogP contribution in [-0.4, -0.2) is 30.5 Å². The number of aromatic nitrogens is 2. The van der Waals surface area contributed by atoms with Gasteiger partial charge >= 0.3 is 0 Å². The van der Waals surface area contributed by atoms with Crippen LogP contribution < -0.4 is 10.1 Å². The molecule has 2 rings (SSSR count). The molecule has 1 aromatic heterocycles. The molecule has 0 saturated heterocycles. The van der Waals surface area contributed by atoms with Gasteiger partial charge in [0.25, 0.3) is 5.89 Å². The standard InChI is InChI=1S/C15H21N3O3/c1-3-14-17-18-15(21-14)11-20-13-6-4-12(5-7-13)10-16-8-9-19-2/h4-7,16H,3,8-11H2,1-2H3. The maximum absolute atomic E-state index is 5.61. The average Bonchev–Trinajstić information content (AvgIpc) is 2.99. The Labute approximate surface area is 124 Å². The summed E-state index contributed by atoms with van der Waals surface area (Å²) in [7, 11) is 1.70. The third-order valence-corrected chi connectivity index (χ3v) is 2.91. The summed E-state index contributed by atoms with van der Waals surface area (Å²) in [6.45, 7) is 4.62. The third-order valence-electron chi connectivity index (χ3n) is 2.91. The molecule has 0 saturated carbocycles. The van der Waals surface area contributed by atoms with Gasteiger partial charge in [-0.3, -0.25) is 0 Å². The number of hydrogen-bond donors (Lipinski definition) is 1. The van der Waals surface area contributed by atoms with Crippen LogP contribution in [0, 0.1) is 0 Å². The maximum Gasteiger partial charge on any atom is 0.253 e. The molecule has 0 radical (unpaired) electrons. The van der Waals surface area contributed by atoms with Gasteiger partial charge in [0.15, 0.2) is 6.61 Å². The molecule has 21 heavy (non-hydrogen) atoms. The molecule has 0 amide bonds. The van der Waals surface area contributed by atoms with E-state index in [4.69, 9.17) is 13.9 Å². The van der Waals surface area contributed by atoms with Crippen LogP contribution in [0.2, 0.25) is 0 Å². The van der Waals surface area contributed by atoms with E-state index in [9.17, 15) is 0 Å². The molecule has 0 atom stereocenters. The monoisotopic (exact) mass is 291 g/mol. The molecule has 0 spiro atoms. The molecule has 1 aromatic carbocycles. The second kappa shape index (κ2) is 8.39. The van der Waals surface area contributed by atoms with Crippen molar-refractivity contribution in [1.82, 2.24) is 15.5 Å². The van der Waals surface area contributed by atoms with Gasteiger partial charge in [-0.1, -0.05) is 19.1 Å².